The first kappa shape index (κ1) is 10.9. The van der Waals surface area contributed by atoms with Crippen LogP contribution in [0.15, 0.2) is 5.34 Å². The van der Waals surface area contributed by atoms with E-state index in [1.54, 1.807) is 6.92 Å². The van der Waals surface area contributed by atoms with Gasteiger partial charge in [0.05, 0.1) is 0 Å². The maximum absolute atomic E-state index is 11.0. The molecule has 0 bridgehead atoms. The lowest BCUT2D eigenvalue weighted by atomic mass is 9.95. The van der Waals surface area contributed by atoms with E-state index in [0.717, 1.165) is 25.7 Å². The van der Waals surface area contributed by atoms with Crippen LogP contribution in [-0.2, 0) is 14.4 Å². The van der Waals surface area contributed by atoms with E-state index in [2.05, 4.69) is 10.2 Å². The number of hydrogen-bond acceptors (Lipinski definition) is 5. The van der Waals surface area contributed by atoms with Gasteiger partial charge < -0.3 is 9.57 Å². The molecule has 0 amide bonds. The van der Waals surface area contributed by atoms with Crippen molar-refractivity contribution in [2.24, 2.45) is 5.34 Å². The third kappa shape index (κ3) is 2.97. The molecule has 1 aliphatic carbocycles. The molecule has 1 unspecified atom stereocenters. The van der Waals surface area contributed by atoms with Crippen LogP contribution in [0.2, 0.25) is 0 Å². The highest BCUT2D eigenvalue weighted by molar-refractivity contribution is 5.69. The first-order valence-electron chi connectivity index (χ1n) is 4.96. The molecule has 0 radical (unpaired) electrons. The zero-order valence-electron chi connectivity index (χ0n) is 8.27. The van der Waals surface area contributed by atoms with E-state index in [0.29, 0.717) is 6.42 Å². The number of rotatable bonds is 4. The highest BCUT2D eigenvalue weighted by atomic mass is 16.7. The Morgan fingerprint density at radius 3 is 2.57 bits per heavy atom. The van der Waals surface area contributed by atoms with Crippen molar-refractivity contribution in [2.45, 2.75) is 51.2 Å². The van der Waals surface area contributed by atoms with E-state index in [9.17, 15) is 9.70 Å². The number of hydrogen-bond donors (Lipinski definition) is 0. The van der Waals surface area contributed by atoms with Crippen molar-refractivity contribution >= 4 is 5.97 Å². The maximum atomic E-state index is 11.0. The summed E-state index contributed by atoms with van der Waals surface area (Å²) in [6.07, 6.45) is 3.17. The topological polar surface area (TPSA) is 65.0 Å². The lowest BCUT2D eigenvalue weighted by Gasteiger charge is -2.27. The van der Waals surface area contributed by atoms with E-state index in [1.165, 1.54) is 0 Å². The second-order valence-corrected chi connectivity index (χ2v) is 3.38. The molecule has 0 aliphatic heterocycles. The van der Waals surface area contributed by atoms with Crippen LogP contribution in [0.25, 0.3) is 0 Å². The van der Waals surface area contributed by atoms with Gasteiger partial charge in [-0.05, 0) is 25.7 Å². The number of ether oxygens (including phenoxy) is 1. The Bertz CT molecular complexity index is 207. The van der Waals surface area contributed by atoms with Gasteiger partial charge >= 0.3 is 5.97 Å². The van der Waals surface area contributed by atoms with Gasteiger partial charge in [0.15, 0.2) is 11.4 Å². The minimum atomic E-state index is -0.350. The maximum Gasteiger partial charge on any atom is 0.305 e. The first-order chi connectivity index (χ1) is 6.77. The Morgan fingerprint density at radius 1 is 1.36 bits per heavy atom. The van der Waals surface area contributed by atoms with E-state index in [4.69, 9.17) is 4.74 Å². The van der Waals surface area contributed by atoms with Crippen LogP contribution in [0, 0.1) is 4.91 Å². The molecule has 0 N–H and O–H groups in total. The monoisotopic (exact) mass is 201 g/mol. The van der Waals surface area contributed by atoms with Gasteiger partial charge in [-0.2, -0.15) is 0 Å². The Labute approximate surface area is 82.7 Å². The molecule has 5 heteroatoms. The summed E-state index contributed by atoms with van der Waals surface area (Å²) in [6, 6.07) is 0. The molecule has 0 aromatic heterocycles. The lowest BCUT2D eigenvalue weighted by molar-refractivity contribution is -0.160. The molecule has 80 valence electrons. The quantitative estimate of drug-likeness (QED) is 0.396. The van der Waals surface area contributed by atoms with Gasteiger partial charge in [-0.3, -0.25) is 4.79 Å². The van der Waals surface area contributed by atoms with Gasteiger partial charge in [0, 0.05) is 6.42 Å². The highest BCUT2D eigenvalue weighted by Crippen LogP contribution is 2.24. The number of nitrogens with zero attached hydrogens (tertiary/aromatic N) is 1. The summed E-state index contributed by atoms with van der Waals surface area (Å²) in [5.74, 6) is -0.253. The van der Waals surface area contributed by atoms with Crippen molar-refractivity contribution in [1.82, 2.24) is 0 Å². The van der Waals surface area contributed by atoms with Crippen LogP contribution in [-0.4, -0.2) is 18.2 Å². The fourth-order valence-electron chi connectivity index (χ4n) is 1.63. The Kier molecular flexibility index (Phi) is 4.35. The fraction of sp³-hybridized carbons (Fsp3) is 0.889. The fourth-order valence-corrected chi connectivity index (χ4v) is 1.63. The summed E-state index contributed by atoms with van der Waals surface area (Å²) >= 11 is 0. The van der Waals surface area contributed by atoms with Crippen LogP contribution >= 0.6 is 0 Å². The van der Waals surface area contributed by atoms with Crippen molar-refractivity contribution in [3.63, 3.8) is 0 Å². The molecule has 1 aliphatic rings. The summed E-state index contributed by atoms with van der Waals surface area (Å²) in [6.45, 7) is 1.74. The van der Waals surface area contributed by atoms with E-state index in [-0.39, 0.29) is 18.2 Å². The largest absolute Gasteiger partial charge is 0.458 e. The predicted molar refractivity (Wildman–Crippen MR) is 49.3 cm³/mol. The zero-order chi connectivity index (χ0) is 10.4. The molecule has 0 saturated heterocycles. The SMILES string of the molecule is CCC(=O)OC1CCCC[C@H]1ON=O. The predicted octanol–water partition coefficient (Wildman–Crippen LogP) is 1.95. The lowest BCUT2D eigenvalue weighted by Crippen LogP contribution is -2.35. The van der Waals surface area contributed by atoms with Crippen molar-refractivity contribution in [3.8, 4) is 0 Å². The van der Waals surface area contributed by atoms with Gasteiger partial charge in [-0.1, -0.05) is 6.92 Å². The summed E-state index contributed by atoms with van der Waals surface area (Å²) in [7, 11) is 0. The zero-order valence-corrected chi connectivity index (χ0v) is 8.27. The average Bonchev–Trinajstić information content (AvgIpc) is 2.21. The Morgan fingerprint density at radius 2 is 2.00 bits per heavy atom. The molecule has 0 spiro atoms. The van der Waals surface area contributed by atoms with Crippen LogP contribution < -0.4 is 0 Å². The Balaban J connectivity index is 2.44. The molecule has 0 aromatic carbocycles. The summed E-state index contributed by atoms with van der Waals surface area (Å²) in [5.41, 5.74) is 0. The summed E-state index contributed by atoms with van der Waals surface area (Å²) in [4.78, 5) is 25.6. The second-order valence-electron chi connectivity index (χ2n) is 3.38. The third-order valence-corrected chi connectivity index (χ3v) is 2.39. The standard InChI is InChI=1S/C9H15NO4/c1-2-9(11)13-7-5-3-4-6-8(7)14-10-12/h7-8H,2-6H2,1H3/t7?,8-/m1/s1. The normalized spacial score (nSPS) is 26.6. The minimum absolute atomic E-state index is 0.253. The van der Waals surface area contributed by atoms with Gasteiger partial charge in [0.2, 0.25) is 0 Å². The van der Waals surface area contributed by atoms with Gasteiger partial charge in [-0.15, -0.1) is 4.91 Å². The van der Waals surface area contributed by atoms with Crippen LogP contribution in [0.5, 0.6) is 0 Å². The molecule has 2 atom stereocenters. The molecule has 1 fully saturated rings. The van der Waals surface area contributed by atoms with Crippen molar-refractivity contribution in [1.29, 1.82) is 0 Å². The number of esters is 1. The molecular formula is C9H15NO4. The van der Waals surface area contributed by atoms with Crippen LogP contribution in [0.3, 0.4) is 0 Å². The van der Waals surface area contributed by atoms with Crippen molar-refractivity contribution in [2.75, 3.05) is 0 Å². The van der Waals surface area contributed by atoms with E-state index >= 15 is 0 Å². The van der Waals surface area contributed by atoms with Crippen LogP contribution in [0.1, 0.15) is 39.0 Å². The highest BCUT2D eigenvalue weighted by Gasteiger charge is 2.30. The third-order valence-electron chi connectivity index (χ3n) is 2.39. The smallest absolute Gasteiger partial charge is 0.305 e. The van der Waals surface area contributed by atoms with Crippen LogP contribution in [0.4, 0.5) is 0 Å². The average molecular weight is 201 g/mol. The Hall–Kier alpha value is -1.13. The van der Waals surface area contributed by atoms with E-state index in [1.807, 2.05) is 0 Å². The summed E-state index contributed by atoms with van der Waals surface area (Å²) < 4.78 is 5.14. The molecule has 0 aromatic rings. The van der Waals surface area contributed by atoms with Gasteiger partial charge in [0.1, 0.15) is 6.10 Å². The van der Waals surface area contributed by atoms with Gasteiger partial charge in [0.25, 0.3) is 0 Å². The molecule has 1 rings (SSSR count). The van der Waals surface area contributed by atoms with Gasteiger partial charge in [-0.25, -0.2) is 0 Å². The number of carbonyl (C=O) groups excluding carboxylic acids is 1. The van der Waals surface area contributed by atoms with Crippen molar-refractivity contribution < 1.29 is 14.4 Å². The molecule has 1 saturated carbocycles. The summed E-state index contributed by atoms with van der Waals surface area (Å²) in [5, 5.41) is 2.40. The molecular weight excluding hydrogens is 186 g/mol. The minimum Gasteiger partial charge on any atom is -0.458 e. The molecule has 0 heterocycles. The molecule has 14 heavy (non-hydrogen) atoms. The first-order valence-corrected chi connectivity index (χ1v) is 4.96. The molecule has 5 nitrogen and oxygen atoms in total. The van der Waals surface area contributed by atoms with Crippen molar-refractivity contribution in [3.05, 3.63) is 4.91 Å². The second kappa shape index (κ2) is 5.57. The number of carbonyl (C=O) groups is 1. The van der Waals surface area contributed by atoms with E-state index < -0.39 is 0 Å².